The summed E-state index contributed by atoms with van der Waals surface area (Å²) in [6.45, 7) is 2.85. The van der Waals surface area contributed by atoms with Crippen molar-refractivity contribution in [3.8, 4) is 0 Å². The number of carbonyl (C=O) groups is 2. The van der Waals surface area contributed by atoms with Crippen molar-refractivity contribution in [1.82, 2.24) is 4.90 Å². The van der Waals surface area contributed by atoms with Crippen molar-refractivity contribution < 1.29 is 18.7 Å². The Labute approximate surface area is 155 Å². The molecule has 0 radical (unpaired) electrons. The monoisotopic (exact) mass is 377 g/mol. The number of piperazine rings is 1. The van der Waals surface area contributed by atoms with Gasteiger partial charge in [-0.15, -0.1) is 11.3 Å². The van der Waals surface area contributed by atoms with Crippen LogP contribution < -0.4 is 10.2 Å². The molecule has 0 atom stereocenters. The molecule has 1 aliphatic heterocycles. The van der Waals surface area contributed by atoms with Gasteiger partial charge in [-0.1, -0.05) is 12.1 Å². The highest BCUT2D eigenvalue weighted by Gasteiger charge is 2.22. The zero-order chi connectivity index (χ0) is 18.5. The molecule has 2 aromatic rings. The summed E-state index contributed by atoms with van der Waals surface area (Å²) in [6.07, 6.45) is 0. The minimum atomic E-state index is -0.464. The first kappa shape index (κ1) is 18.3. The fraction of sp³-hybridized carbons (Fsp3) is 0.333. The summed E-state index contributed by atoms with van der Waals surface area (Å²) in [6, 6.07) is 8.40. The number of esters is 1. The number of nitrogens with one attached hydrogen (secondary N) is 1. The van der Waals surface area contributed by atoms with Gasteiger partial charge in [0.25, 0.3) is 0 Å². The second kappa shape index (κ2) is 8.29. The van der Waals surface area contributed by atoms with Gasteiger partial charge in [0, 0.05) is 26.2 Å². The Morgan fingerprint density at radius 1 is 1.19 bits per heavy atom. The Morgan fingerprint density at radius 3 is 2.62 bits per heavy atom. The molecular formula is C18H20FN3O3S. The Hall–Kier alpha value is -2.45. The number of hydrogen-bond donors (Lipinski definition) is 1. The Bertz CT molecular complexity index is 787. The highest BCUT2D eigenvalue weighted by Crippen LogP contribution is 2.23. The molecule has 1 aromatic carbocycles. The first-order chi connectivity index (χ1) is 12.6. The summed E-state index contributed by atoms with van der Waals surface area (Å²) in [7, 11) is 1.31. The minimum Gasteiger partial charge on any atom is -0.465 e. The van der Waals surface area contributed by atoms with Gasteiger partial charge in [-0.3, -0.25) is 9.69 Å². The van der Waals surface area contributed by atoms with E-state index in [1.807, 2.05) is 15.9 Å². The van der Waals surface area contributed by atoms with E-state index in [1.165, 1.54) is 24.5 Å². The van der Waals surface area contributed by atoms with Crippen molar-refractivity contribution in [2.75, 3.05) is 50.1 Å². The van der Waals surface area contributed by atoms with E-state index < -0.39 is 5.97 Å². The lowest BCUT2D eigenvalue weighted by atomic mass is 10.2. The van der Waals surface area contributed by atoms with Crippen LogP contribution >= 0.6 is 11.3 Å². The van der Waals surface area contributed by atoms with Gasteiger partial charge >= 0.3 is 5.97 Å². The van der Waals surface area contributed by atoms with Gasteiger partial charge < -0.3 is 15.0 Å². The summed E-state index contributed by atoms with van der Waals surface area (Å²) >= 11 is 1.22. The van der Waals surface area contributed by atoms with Crippen LogP contribution in [0, 0.1) is 5.82 Å². The van der Waals surface area contributed by atoms with Gasteiger partial charge in [-0.2, -0.15) is 0 Å². The molecule has 0 unspecified atom stereocenters. The van der Waals surface area contributed by atoms with Crippen molar-refractivity contribution in [2.45, 2.75) is 0 Å². The minimum absolute atomic E-state index is 0.187. The van der Waals surface area contributed by atoms with Gasteiger partial charge in [-0.25, -0.2) is 9.18 Å². The van der Waals surface area contributed by atoms with E-state index in [-0.39, 0.29) is 18.3 Å². The van der Waals surface area contributed by atoms with Crippen LogP contribution in [0.15, 0.2) is 35.7 Å². The van der Waals surface area contributed by atoms with Gasteiger partial charge in [0.15, 0.2) is 0 Å². The molecule has 1 aliphatic rings. The molecule has 0 bridgehead atoms. The first-order valence-electron chi connectivity index (χ1n) is 8.26. The zero-order valence-electron chi connectivity index (χ0n) is 14.4. The van der Waals surface area contributed by atoms with Crippen LogP contribution in [0.2, 0.25) is 0 Å². The van der Waals surface area contributed by atoms with Gasteiger partial charge in [-0.05, 0) is 23.6 Å². The third-order valence-electron chi connectivity index (χ3n) is 4.24. The van der Waals surface area contributed by atoms with Crippen LogP contribution in [0.25, 0.3) is 0 Å². The number of nitrogens with zero attached hydrogens (tertiary/aromatic N) is 2. The molecule has 1 fully saturated rings. The number of methoxy groups -OCH3 is 1. The third-order valence-corrected chi connectivity index (χ3v) is 5.14. The number of anilines is 2. The van der Waals surface area contributed by atoms with Gasteiger partial charge in [0.2, 0.25) is 5.91 Å². The van der Waals surface area contributed by atoms with E-state index in [2.05, 4.69) is 5.32 Å². The quantitative estimate of drug-likeness (QED) is 0.811. The van der Waals surface area contributed by atoms with Gasteiger partial charge in [0.1, 0.15) is 10.7 Å². The summed E-state index contributed by atoms with van der Waals surface area (Å²) < 4.78 is 18.6. The molecule has 0 saturated carbocycles. The molecule has 0 spiro atoms. The Kier molecular flexibility index (Phi) is 5.85. The molecule has 0 aliphatic carbocycles. The second-order valence-electron chi connectivity index (χ2n) is 5.92. The topological polar surface area (TPSA) is 61.9 Å². The van der Waals surface area contributed by atoms with Crippen molar-refractivity contribution in [1.29, 1.82) is 0 Å². The fourth-order valence-electron chi connectivity index (χ4n) is 2.91. The lowest BCUT2D eigenvalue weighted by Gasteiger charge is -2.35. The molecule has 1 saturated heterocycles. The average Bonchev–Trinajstić information content (AvgIpc) is 3.10. The Balaban J connectivity index is 1.52. The molecular weight excluding hydrogens is 357 g/mol. The molecule has 6 nitrogen and oxygen atoms in total. The smallest absolute Gasteiger partial charge is 0.350 e. The maximum atomic E-state index is 13.9. The van der Waals surface area contributed by atoms with Crippen molar-refractivity contribution in [3.63, 3.8) is 0 Å². The predicted molar refractivity (Wildman–Crippen MR) is 99.3 cm³/mol. The van der Waals surface area contributed by atoms with E-state index in [9.17, 15) is 14.0 Å². The Morgan fingerprint density at radius 2 is 1.92 bits per heavy atom. The van der Waals surface area contributed by atoms with Crippen molar-refractivity contribution >= 4 is 34.6 Å². The highest BCUT2D eigenvalue weighted by atomic mass is 32.1. The number of ether oxygens (including phenoxy) is 1. The molecule has 8 heteroatoms. The first-order valence-corrected chi connectivity index (χ1v) is 9.14. The van der Waals surface area contributed by atoms with E-state index in [0.29, 0.717) is 42.4 Å². The van der Waals surface area contributed by atoms with Crippen LogP contribution in [0.4, 0.5) is 15.8 Å². The third kappa shape index (κ3) is 4.20. The van der Waals surface area contributed by atoms with E-state index >= 15 is 0 Å². The van der Waals surface area contributed by atoms with Crippen LogP contribution in [0.3, 0.4) is 0 Å². The summed E-state index contributed by atoms with van der Waals surface area (Å²) in [5.41, 5.74) is 1.06. The molecule has 26 heavy (non-hydrogen) atoms. The summed E-state index contributed by atoms with van der Waals surface area (Å²) in [4.78, 5) is 28.3. The fourth-order valence-corrected chi connectivity index (χ4v) is 3.67. The van der Waals surface area contributed by atoms with E-state index in [0.717, 1.165) is 0 Å². The molecule has 138 valence electrons. The number of benzene rings is 1. The van der Waals surface area contributed by atoms with Crippen LogP contribution in [-0.4, -0.2) is 56.6 Å². The SMILES string of the molecule is COC(=O)c1sccc1NC(=O)CN1CCN(c2ccccc2F)CC1. The molecule has 1 aromatic heterocycles. The number of thiophene rings is 1. The maximum Gasteiger partial charge on any atom is 0.350 e. The normalized spacial score (nSPS) is 14.9. The number of halogens is 1. The molecule has 1 amide bonds. The lowest BCUT2D eigenvalue weighted by Crippen LogP contribution is -2.48. The average molecular weight is 377 g/mol. The second-order valence-corrected chi connectivity index (χ2v) is 6.83. The zero-order valence-corrected chi connectivity index (χ0v) is 15.2. The van der Waals surface area contributed by atoms with E-state index in [1.54, 1.807) is 23.6 Å². The van der Waals surface area contributed by atoms with Crippen LogP contribution in [0.1, 0.15) is 9.67 Å². The standard InChI is InChI=1S/C18H20FN3O3S/c1-25-18(24)17-14(6-11-26-17)20-16(23)12-21-7-9-22(10-8-21)15-5-3-2-4-13(15)19/h2-6,11H,7-10,12H2,1H3,(H,20,23). The largest absolute Gasteiger partial charge is 0.465 e. The number of amides is 1. The van der Waals surface area contributed by atoms with Crippen LogP contribution in [-0.2, 0) is 9.53 Å². The molecule has 1 N–H and O–H groups in total. The maximum absolute atomic E-state index is 13.9. The summed E-state index contributed by atoms with van der Waals surface area (Å²) in [5.74, 6) is -0.881. The number of hydrogen-bond acceptors (Lipinski definition) is 6. The highest BCUT2D eigenvalue weighted by molar-refractivity contribution is 7.12. The van der Waals surface area contributed by atoms with Crippen molar-refractivity contribution in [3.05, 3.63) is 46.4 Å². The summed E-state index contributed by atoms with van der Waals surface area (Å²) in [5, 5.41) is 4.49. The molecule has 2 heterocycles. The van der Waals surface area contributed by atoms with Crippen molar-refractivity contribution in [2.24, 2.45) is 0 Å². The van der Waals surface area contributed by atoms with Gasteiger partial charge in [0.05, 0.1) is 25.0 Å². The van der Waals surface area contributed by atoms with E-state index in [4.69, 9.17) is 4.74 Å². The number of para-hydroxylation sites is 1. The number of rotatable bonds is 5. The lowest BCUT2D eigenvalue weighted by molar-refractivity contribution is -0.117. The molecule has 3 rings (SSSR count). The predicted octanol–water partition coefficient (Wildman–Crippen LogP) is 2.43. The number of carbonyl (C=O) groups excluding carboxylic acids is 2. The van der Waals surface area contributed by atoms with Crippen LogP contribution in [0.5, 0.6) is 0 Å².